The van der Waals surface area contributed by atoms with Gasteiger partial charge in [0.05, 0.1) is 5.69 Å². The SMILES string of the molecule is O=C(Nc1cccc2oc(=O)[nH]c12)c1ccc(-n2cccc2)cc1. The van der Waals surface area contributed by atoms with E-state index in [1.807, 2.05) is 41.2 Å². The Bertz CT molecular complexity index is 1060. The van der Waals surface area contributed by atoms with E-state index in [-0.39, 0.29) is 5.91 Å². The van der Waals surface area contributed by atoms with Crippen molar-refractivity contribution in [2.45, 2.75) is 0 Å². The monoisotopic (exact) mass is 319 g/mol. The molecule has 0 atom stereocenters. The van der Waals surface area contributed by atoms with E-state index in [1.165, 1.54) is 0 Å². The molecular formula is C18H13N3O3. The molecule has 0 aliphatic rings. The topological polar surface area (TPSA) is 80.0 Å². The van der Waals surface area contributed by atoms with Crippen molar-refractivity contribution in [2.24, 2.45) is 0 Å². The van der Waals surface area contributed by atoms with Crippen LogP contribution in [0.15, 0.2) is 76.2 Å². The van der Waals surface area contributed by atoms with Gasteiger partial charge in [0.15, 0.2) is 5.58 Å². The molecule has 0 aliphatic carbocycles. The van der Waals surface area contributed by atoms with Crippen LogP contribution in [0.25, 0.3) is 16.8 Å². The van der Waals surface area contributed by atoms with Gasteiger partial charge in [-0.3, -0.25) is 9.78 Å². The lowest BCUT2D eigenvalue weighted by atomic mass is 10.2. The maximum Gasteiger partial charge on any atom is 0.417 e. The fourth-order valence-electron chi connectivity index (χ4n) is 2.56. The number of rotatable bonds is 3. The fraction of sp³-hybridized carbons (Fsp3) is 0. The molecular weight excluding hydrogens is 306 g/mol. The number of amides is 1. The molecule has 0 unspecified atom stereocenters. The lowest BCUT2D eigenvalue weighted by molar-refractivity contribution is 0.102. The zero-order chi connectivity index (χ0) is 16.5. The van der Waals surface area contributed by atoms with E-state index in [9.17, 15) is 9.59 Å². The predicted molar refractivity (Wildman–Crippen MR) is 90.6 cm³/mol. The largest absolute Gasteiger partial charge is 0.417 e. The van der Waals surface area contributed by atoms with Crippen molar-refractivity contribution in [3.8, 4) is 5.69 Å². The quantitative estimate of drug-likeness (QED) is 0.608. The van der Waals surface area contributed by atoms with Crippen molar-refractivity contribution in [1.29, 1.82) is 0 Å². The Labute approximate surface area is 136 Å². The van der Waals surface area contributed by atoms with Crippen LogP contribution in [-0.2, 0) is 0 Å². The number of para-hydroxylation sites is 1. The number of hydrogen-bond acceptors (Lipinski definition) is 3. The van der Waals surface area contributed by atoms with Crippen LogP contribution in [0.3, 0.4) is 0 Å². The molecule has 0 saturated carbocycles. The summed E-state index contributed by atoms with van der Waals surface area (Å²) in [5.74, 6) is -0.814. The first-order chi connectivity index (χ1) is 11.7. The molecule has 0 aliphatic heterocycles. The molecule has 0 bridgehead atoms. The van der Waals surface area contributed by atoms with Gasteiger partial charge >= 0.3 is 5.76 Å². The van der Waals surface area contributed by atoms with Crippen LogP contribution in [0.5, 0.6) is 0 Å². The van der Waals surface area contributed by atoms with Crippen molar-refractivity contribution >= 4 is 22.7 Å². The number of oxazole rings is 1. The van der Waals surface area contributed by atoms with E-state index in [0.29, 0.717) is 22.4 Å². The Balaban J connectivity index is 1.60. The third kappa shape index (κ3) is 2.50. The van der Waals surface area contributed by atoms with Crippen LogP contribution in [0.1, 0.15) is 10.4 Å². The van der Waals surface area contributed by atoms with Crippen molar-refractivity contribution in [3.05, 3.63) is 83.1 Å². The molecule has 2 N–H and O–H groups in total. The minimum atomic E-state index is -0.553. The summed E-state index contributed by atoms with van der Waals surface area (Å²) >= 11 is 0. The highest BCUT2D eigenvalue weighted by atomic mass is 16.4. The summed E-state index contributed by atoms with van der Waals surface area (Å²) in [5, 5.41) is 2.79. The van der Waals surface area contributed by atoms with E-state index in [4.69, 9.17) is 4.42 Å². The molecule has 118 valence electrons. The van der Waals surface area contributed by atoms with Crippen LogP contribution >= 0.6 is 0 Å². The van der Waals surface area contributed by atoms with Crippen molar-refractivity contribution in [1.82, 2.24) is 9.55 Å². The summed E-state index contributed by atoms with van der Waals surface area (Å²) in [6.07, 6.45) is 3.87. The number of benzene rings is 2. The van der Waals surface area contributed by atoms with Gasteiger partial charge in [0.1, 0.15) is 5.52 Å². The average Bonchev–Trinajstić information content (AvgIpc) is 3.24. The van der Waals surface area contributed by atoms with Crippen LogP contribution < -0.4 is 11.1 Å². The number of carbonyl (C=O) groups excluding carboxylic acids is 1. The lowest BCUT2D eigenvalue weighted by Crippen LogP contribution is -2.12. The zero-order valence-corrected chi connectivity index (χ0v) is 12.5. The Morgan fingerprint density at radius 3 is 2.50 bits per heavy atom. The number of fused-ring (bicyclic) bond motifs is 1. The molecule has 2 heterocycles. The van der Waals surface area contributed by atoms with Crippen molar-refractivity contribution < 1.29 is 9.21 Å². The first kappa shape index (κ1) is 14.1. The van der Waals surface area contributed by atoms with E-state index >= 15 is 0 Å². The van der Waals surface area contributed by atoms with E-state index in [2.05, 4.69) is 10.3 Å². The van der Waals surface area contributed by atoms with Gasteiger partial charge in [-0.1, -0.05) is 6.07 Å². The predicted octanol–water partition coefficient (Wildman–Crippen LogP) is 3.16. The Morgan fingerprint density at radius 1 is 1.00 bits per heavy atom. The zero-order valence-electron chi connectivity index (χ0n) is 12.5. The number of nitrogens with one attached hydrogen (secondary N) is 2. The van der Waals surface area contributed by atoms with Gasteiger partial charge < -0.3 is 14.3 Å². The Kier molecular flexibility index (Phi) is 3.28. The summed E-state index contributed by atoms with van der Waals surface area (Å²) in [7, 11) is 0. The first-order valence-corrected chi connectivity index (χ1v) is 7.37. The highest BCUT2D eigenvalue weighted by molar-refractivity contribution is 6.07. The smallest absolute Gasteiger partial charge is 0.408 e. The molecule has 0 fully saturated rings. The molecule has 2 aromatic heterocycles. The van der Waals surface area contributed by atoms with Crippen LogP contribution in [0.4, 0.5) is 5.69 Å². The fourth-order valence-corrected chi connectivity index (χ4v) is 2.56. The average molecular weight is 319 g/mol. The summed E-state index contributed by atoms with van der Waals surface area (Å²) in [6.45, 7) is 0. The summed E-state index contributed by atoms with van der Waals surface area (Å²) in [5.41, 5.74) is 2.87. The molecule has 6 heteroatoms. The molecule has 6 nitrogen and oxygen atoms in total. The van der Waals surface area contributed by atoms with Crippen LogP contribution in [0.2, 0.25) is 0 Å². The number of anilines is 1. The van der Waals surface area contributed by atoms with Gasteiger partial charge in [0.25, 0.3) is 5.91 Å². The normalized spacial score (nSPS) is 10.8. The van der Waals surface area contributed by atoms with Crippen LogP contribution in [0, 0.1) is 0 Å². The van der Waals surface area contributed by atoms with Gasteiger partial charge in [-0.25, -0.2) is 4.79 Å². The van der Waals surface area contributed by atoms with Gasteiger partial charge in [-0.15, -0.1) is 0 Å². The van der Waals surface area contributed by atoms with E-state index in [0.717, 1.165) is 5.69 Å². The maximum atomic E-state index is 12.4. The summed E-state index contributed by atoms with van der Waals surface area (Å²) < 4.78 is 6.94. The number of H-pyrrole nitrogens is 1. The number of carbonyl (C=O) groups is 1. The molecule has 1 amide bonds. The first-order valence-electron chi connectivity index (χ1n) is 7.37. The molecule has 0 radical (unpaired) electrons. The minimum Gasteiger partial charge on any atom is -0.408 e. The standard InChI is InChI=1S/C18H13N3O3/c22-17(12-6-8-13(9-7-12)21-10-1-2-11-21)19-14-4-3-5-15-16(14)20-18(23)24-15/h1-11H,(H,19,22)(H,20,23). The number of aromatic nitrogens is 2. The minimum absolute atomic E-state index is 0.261. The van der Waals surface area contributed by atoms with Gasteiger partial charge in [0, 0.05) is 23.6 Å². The highest BCUT2D eigenvalue weighted by Gasteiger charge is 2.11. The number of hydrogen-bond donors (Lipinski definition) is 2. The second-order valence-corrected chi connectivity index (χ2v) is 5.28. The lowest BCUT2D eigenvalue weighted by Gasteiger charge is -2.07. The summed E-state index contributed by atoms with van der Waals surface area (Å²) in [6, 6.07) is 16.2. The van der Waals surface area contributed by atoms with Crippen molar-refractivity contribution in [3.63, 3.8) is 0 Å². The van der Waals surface area contributed by atoms with Gasteiger partial charge in [-0.05, 0) is 48.5 Å². The maximum absolute atomic E-state index is 12.4. The Morgan fingerprint density at radius 2 is 1.75 bits per heavy atom. The molecule has 4 rings (SSSR count). The Hall–Kier alpha value is -3.54. The molecule has 24 heavy (non-hydrogen) atoms. The second-order valence-electron chi connectivity index (χ2n) is 5.28. The van der Waals surface area contributed by atoms with E-state index < -0.39 is 5.76 Å². The summed E-state index contributed by atoms with van der Waals surface area (Å²) in [4.78, 5) is 26.3. The number of aromatic amines is 1. The third-order valence-corrected chi connectivity index (χ3v) is 3.74. The third-order valence-electron chi connectivity index (χ3n) is 3.74. The second kappa shape index (κ2) is 5.58. The number of nitrogens with zero attached hydrogens (tertiary/aromatic N) is 1. The van der Waals surface area contributed by atoms with Crippen LogP contribution in [-0.4, -0.2) is 15.5 Å². The van der Waals surface area contributed by atoms with E-state index in [1.54, 1.807) is 30.3 Å². The molecule has 0 spiro atoms. The molecule has 4 aromatic rings. The molecule has 0 saturated heterocycles. The van der Waals surface area contributed by atoms with Crippen molar-refractivity contribution in [2.75, 3.05) is 5.32 Å². The van der Waals surface area contributed by atoms with Gasteiger partial charge in [0.2, 0.25) is 0 Å². The molecule has 2 aromatic carbocycles. The highest BCUT2D eigenvalue weighted by Crippen LogP contribution is 2.21. The van der Waals surface area contributed by atoms with Gasteiger partial charge in [-0.2, -0.15) is 0 Å².